The third-order valence-corrected chi connectivity index (χ3v) is 26.8. The van der Waals surface area contributed by atoms with Crippen LogP contribution in [-0.2, 0) is 42.2 Å². The summed E-state index contributed by atoms with van der Waals surface area (Å²) in [5, 5.41) is 29.9. The maximum absolute atomic E-state index is 16.1. The van der Waals surface area contributed by atoms with Crippen LogP contribution >= 0.6 is 0 Å². The van der Waals surface area contributed by atoms with E-state index in [1.54, 1.807) is 113 Å². The van der Waals surface area contributed by atoms with Crippen molar-refractivity contribution in [1.29, 1.82) is 0 Å². The lowest BCUT2D eigenvalue weighted by Gasteiger charge is -2.68. The summed E-state index contributed by atoms with van der Waals surface area (Å²) in [4.78, 5) is 74.0. The van der Waals surface area contributed by atoms with E-state index in [-0.39, 0.29) is 24.2 Å². The van der Waals surface area contributed by atoms with Crippen molar-refractivity contribution >= 4 is 46.2 Å². The van der Waals surface area contributed by atoms with Crippen molar-refractivity contribution in [3.05, 3.63) is 119 Å². The Balaban J connectivity index is 1.44. The van der Waals surface area contributed by atoms with Crippen LogP contribution in [0.15, 0.2) is 102 Å². The van der Waals surface area contributed by atoms with Gasteiger partial charge in [0, 0.05) is 30.7 Å². The fraction of sp³-hybridized carbons (Fsp3) is 0.561. The molecule has 3 fully saturated rings. The largest absolute Gasteiger partial charge is 0.456 e. The van der Waals surface area contributed by atoms with Crippen LogP contribution in [0.4, 0.5) is 0 Å². The van der Waals surface area contributed by atoms with E-state index in [2.05, 4.69) is 26.1 Å². The summed E-state index contributed by atoms with van der Waals surface area (Å²) in [6, 6.07) is 26.9. The van der Waals surface area contributed by atoms with Gasteiger partial charge in [-0.15, -0.1) is 0 Å². The van der Waals surface area contributed by atoms with Gasteiger partial charge >= 0.3 is 17.9 Å². The van der Waals surface area contributed by atoms with Crippen molar-refractivity contribution in [2.24, 2.45) is 16.7 Å². The number of carbonyl (C=O) groups excluding carboxylic acids is 5. The van der Waals surface area contributed by atoms with Crippen LogP contribution in [0.5, 0.6) is 0 Å². The molecule has 3 aromatic rings. The SMILES string of the molecule is CC[Si](CC)(CC)OC1CC2OC[C@@]2(OC(C)=O)[C@H]2[C@H](OC(=O)c3ccccc3)C3(O)C[C@H](OC(=O)[C@H](O[Si](C)(C)C(C)(C)C)[C@@H](NC(=O)c4ccccc4)c4ccccc4)C(C)=C(C(O)C(=O)C12C)C3(C)C. The summed E-state index contributed by atoms with van der Waals surface area (Å²) < 4.78 is 40.4. The molecule has 396 valence electrons. The van der Waals surface area contributed by atoms with Gasteiger partial charge in [-0.3, -0.25) is 14.4 Å². The van der Waals surface area contributed by atoms with Gasteiger partial charge in [0.15, 0.2) is 34.1 Å². The molecule has 0 aromatic heterocycles. The predicted octanol–water partition coefficient (Wildman–Crippen LogP) is 9.22. The van der Waals surface area contributed by atoms with Crippen molar-refractivity contribution in [3.8, 4) is 0 Å². The molecule has 73 heavy (non-hydrogen) atoms. The van der Waals surface area contributed by atoms with Gasteiger partial charge in [-0.05, 0) is 91.1 Å². The van der Waals surface area contributed by atoms with Gasteiger partial charge in [-0.1, -0.05) is 122 Å². The number of rotatable bonds is 16. The van der Waals surface area contributed by atoms with Gasteiger partial charge in [0.2, 0.25) is 0 Å². The van der Waals surface area contributed by atoms with Crippen LogP contribution in [0.2, 0.25) is 36.3 Å². The monoisotopic (exact) mass is 1040 g/mol. The average molecular weight is 1040 g/mol. The van der Waals surface area contributed by atoms with Crippen molar-refractivity contribution in [1.82, 2.24) is 5.32 Å². The van der Waals surface area contributed by atoms with Crippen LogP contribution < -0.4 is 5.32 Å². The molecule has 0 radical (unpaired) electrons. The first-order chi connectivity index (χ1) is 34.2. The number of aliphatic hydroxyl groups excluding tert-OH is 1. The van der Waals surface area contributed by atoms with E-state index in [0.717, 1.165) is 18.1 Å². The second kappa shape index (κ2) is 20.7. The maximum Gasteiger partial charge on any atom is 0.338 e. The average Bonchev–Trinajstić information content (AvgIpc) is 3.35. The zero-order valence-electron chi connectivity index (χ0n) is 44.9. The van der Waals surface area contributed by atoms with Crippen molar-refractivity contribution < 1.29 is 62.0 Å². The maximum atomic E-state index is 16.1. The van der Waals surface area contributed by atoms with E-state index < -0.39 is 128 Å². The van der Waals surface area contributed by atoms with Crippen LogP contribution in [-0.4, -0.2) is 111 Å². The molecule has 1 aliphatic heterocycles. The summed E-state index contributed by atoms with van der Waals surface area (Å²) in [5.41, 5.74) is -5.85. The molecular formula is C57H77NO13Si2. The number of aliphatic hydroxyl groups is 2. The summed E-state index contributed by atoms with van der Waals surface area (Å²) in [5.74, 6) is -4.91. The van der Waals surface area contributed by atoms with E-state index in [1.165, 1.54) is 6.92 Å². The standard InChI is InChI=1S/C57H77NO13Si2/c1-14-73(15-2,16-3)70-41-32-42-56(34-66-42,69-36(5)59)47-49(68-51(63)39-30-24-19-25-31-39)57(65)33-40(35(4)43(54(57,9)10)45(60)48(61)55(41,47)11)67-52(64)46(71-72(12,13)53(6,7)8)44(37-26-20-17-21-27-37)58-50(62)38-28-22-18-23-29-38/h17-31,40-42,44-47,49,60,65H,14-16,32-34H2,1-13H3,(H,58,62)/t40-,41?,42?,44-,45?,46+,47-,49-,55?,56-,57?/m0/s1. The molecule has 4 aliphatic rings. The first-order valence-electron chi connectivity index (χ1n) is 25.9. The number of amides is 1. The number of hydrogen-bond acceptors (Lipinski definition) is 13. The molecule has 3 aromatic carbocycles. The smallest absolute Gasteiger partial charge is 0.338 e. The Morgan fingerprint density at radius 3 is 1.90 bits per heavy atom. The van der Waals surface area contributed by atoms with Crippen LogP contribution in [0.25, 0.3) is 0 Å². The number of carbonyl (C=O) groups is 5. The predicted molar refractivity (Wildman–Crippen MR) is 280 cm³/mol. The Labute approximate surface area is 433 Å². The minimum absolute atomic E-state index is 0.0839. The molecule has 14 nitrogen and oxygen atoms in total. The van der Waals surface area contributed by atoms with Crippen LogP contribution in [0, 0.1) is 16.7 Å². The van der Waals surface area contributed by atoms with Crippen LogP contribution in [0.3, 0.4) is 0 Å². The number of benzene rings is 3. The van der Waals surface area contributed by atoms with Gasteiger partial charge in [0.05, 0.1) is 35.6 Å². The molecule has 5 unspecified atom stereocenters. The molecule has 1 saturated heterocycles. The van der Waals surface area contributed by atoms with Crippen LogP contribution in [0.1, 0.15) is 121 Å². The molecule has 1 amide bonds. The number of Topliss-reactive ketones (excluding diaryl/α,β-unsaturated/α-hetero) is 1. The summed E-state index contributed by atoms with van der Waals surface area (Å²) >= 11 is 0. The third-order valence-electron chi connectivity index (χ3n) is 17.7. The number of esters is 3. The van der Waals surface area contributed by atoms with Gasteiger partial charge in [0.25, 0.3) is 5.91 Å². The van der Waals surface area contributed by atoms with Crippen molar-refractivity contribution in [2.75, 3.05) is 6.61 Å². The molecule has 3 N–H and O–H groups in total. The highest BCUT2D eigenvalue weighted by atomic mass is 28.4. The normalized spacial score (nSPS) is 29.7. The zero-order chi connectivity index (χ0) is 53.7. The molecular weight excluding hydrogens is 963 g/mol. The summed E-state index contributed by atoms with van der Waals surface area (Å²) in [6.07, 6.45) is -8.52. The zero-order valence-corrected chi connectivity index (χ0v) is 46.9. The number of fused-ring (bicyclic) bond motifs is 5. The lowest BCUT2D eigenvalue weighted by Crippen LogP contribution is -2.82. The fourth-order valence-electron chi connectivity index (χ4n) is 12.0. The molecule has 16 heteroatoms. The van der Waals surface area contributed by atoms with E-state index in [4.69, 9.17) is 27.8 Å². The second-order valence-corrected chi connectivity index (χ2v) is 32.4. The highest BCUT2D eigenvalue weighted by Gasteiger charge is 2.78. The Hall–Kier alpha value is -4.82. The molecule has 3 aliphatic carbocycles. The first-order valence-corrected chi connectivity index (χ1v) is 31.3. The Morgan fingerprint density at radius 2 is 1.40 bits per heavy atom. The van der Waals surface area contributed by atoms with E-state index >= 15 is 9.59 Å². The minimum Gasteiger partial charge on any atom is -0.456 e. The summed E-state index contributed by atoms with van der Waals surface area (Å²) in [7, 11) is -5.50. The van der Waals surface area contributed by atoms with Crippen molar-refractivity contribution in [3.63, 3.8) is 0 Å². The first kappa shape index (κ1) is 55.9. The molecule has 1 heterocycles. The Kier molecular flexibility index (Phi) is 15.9. The third kappa shape index (κ3) is 9.86. The number of nitrogens with one attached hydrogen (secondary N) is 1. The number of ether oxygens (including phenoxy) is 4. The quantitative estimate of drug-likeness (QED) is 0.0533. The molecule has 11 atom stereocenters. The highest BCUT2D eigenvalue weighted by molar-refractivity contribution is 6.74. The minimum atomic E-state index is -2.90. The van der Waals surface area contributed by atoms with E-state index in [1.807, 2.05) is 39.9 Å². The molecule has 7 rings (SSSR count). The molecule has 0 spiro atoms. The summed E-state index contributed by atoms with van der Waals surface area (Å²) in [6.45, 7) is 24.0. The molecule has 2 saturated carbocycles. The van der Waals surface area contributed by atoms with Gasteiger partial charge in [-0.2, -0.15) is 0 Å². The lowest BCUT2D eigenvalue weighted by atomic mass is 9.44. The Bertz CT molecular complexity index is 2550. The van der Waals surface area contributed by atoms with Crippen molar-refractivity contribution in [2.45, 2.75) is 179 Å². The highest BCUT2D eigenvalue weighted by Crippen LogP contribution is 2.65. The lowest BCUT2D eigenvalue weighted by molar-refractivity contribution is -0.344. The fourth-order valence-corrected chi connectivity index (χ4v) is 16.2. The van der Waals surface area contributed by atoms with Gasteiger partial charge in [-0.25, -0.2) is 9.59 Å². The molecule has 2 bridgehead atoms. The van der Waals surface area contributed by atoms with E-state index in [9.17, 15) is 24.6 Å². The number of hydrogen-bond donors (Lipinski definition) is 3. The Morgan fingerprint density at radius 1 is 0.849 bits per heavy atom. The van der Waals surface area contributed by atoms with Gasteiger partial charge in [0.1, 0.15) is 30.0 Å². The topological polar surface area (TPSA) is 193 Å². The second-order valence-electron chi connectivity index (χ2n) is 23.0. The van der Waals surface area contributed by atoms with E-state index in [0.29, 0.717) is 16.7 Å². The number of ketones is 1. The van der Waals surface area contributed by atoms with Gasteiger partial charge < -0.3 is 43.3 Å².